The van der Waals surface area contributed by atoms with Crippen LogP contribution in [0.5, 0.6) is 0 Å². The van der Waals surface area contributed by atoms with Gasteiger partial charge in [0.2, 0.25) is 5.91 Å². The Morgan fingerprint density at radius 1 is 1.20 bits per heavy atom. The van der Waals surface area contributed by atoms with Crippen molar-refractivity contribution in [2.24, 2.45) is 0 Å². The van der Waals surface area contributed by atoms with Gasteiger partial charge in [0.1, 0.15) is 0 Å². The molecule has 104 valence electrons. The van der Waals surface area contributed by atoms with Crippen molar-refractivity contribution in [2.45, 2.75) is 19.8 Å². The third-order valence-electron chi connectivity index (χ3n) is 2.93. The average Bonchev–Trinajstić information content (AvgIpc) is 2.86. The van der Waals surface area contributed by atoms with Crippen molar-refractivity contribution in [2.75, 3.05) is 5.32 Å². The largest absolute Gasteiger partial charge is 0.478 e. The molecule has 0 aliphatic heterocycles. The maximum absolute atomic E-state index is 11.8. The molecule has 1 aromatic heterocycles. The molecule has 0 fully saturated rings. The van der Waals surface area contributed by atoms with E-state index in [-0.39, 0.29) is 11.5 Å². The number of aryl methyl sites for hydroxylation is 2. The minimum absolute atomic E-state index is 0.138. The smallest absolute Gasteiger partial charge is 0.338 e. The van der Waals surface area contributed by atoms with Gasteiger partial charge in [0.05, 0.1) is 11.3 Å². The van der Waals surface area contributed by atoms with Crippen LogP contribution in [-0.2, 0) is 11.2 Å². The Bertz CT molecular complexity index is 616. The monoisotopic (exact) mass is 289 g/mol. The lowest BCUT2D eigenvalue weighted by Gasteiger charge is -2.05. The summed E-state index contributed by atoms with van der Waals surface area (Å²) in [6.45, 7) is 2.01. The highest BCUT2D eigenvalue weighted by atomic mass is 32.1. The highest BCUT2D eigenvalue weighted by Crippen LogP contribution is 2.21. The number of hydrogen-bond donors (Lipinski definition) is 2. The second-order valence-corrected chi connectivity index (χ2v) is 5.28. The highest BCUT2D eigenvalue weighted by molar-refractivity contribution is 7.08. The molecule has 1 heterocycles. The van der Waals surface area contributed by atoms with Crippen molar-refractivity contribution in [3.05, 3.63) is 51.7 Å². The van der Waals surface area contributed by atoms with Crippen LogP contribution in [0.3, 0.4) is 0 Å². The van der Waals surface area contributed by atoms with E-state index in [1.54, 1.807) is 5.38 Å². The van der Waals surface area contributed by atoms with Crippen molar-refractivity contribution in [3.63, 3.8) is 0 Å². The maximum Gasteiger partial charge on any atom is 0.338 e. The van der Waals surface area contributed by atoms with E-state index in [0.29, 0.717) is 18.5 Å². The molecule has 2 aromatic rings. The molecule has 4 nitrogen and oxygen atoms in total. The van der Waals surface area contributed by atoms with E-state index < -0.39 is 5.97 Å². The highest BCUT2D eigenvalue weighted by Gasteiger charge is 2.13. The normalized spacial score (nSPS) is 10.2. The average molecular weight is 289 g/mol. The van der Waals surface area contributed by atoms with Crippen molar-refractivity contribution in [1.29, 1.82) is 0 Å². The second-order valence-electron chi connectivity index (χ2n) is 4.54. The summed E-state index contributed by atoms with van der Waals surface area (Å²) in [6.07, 6.45) is 0.969. The minimum Gasteiger partial charge on any atom is -0.478 e. The number of anilines is 1. The van der Waals surface area contributed by atoms with E-state index in [1.165, 1.54) is 22.3 Å². The molecule has 1 amide bonds. The van der Waals surface area contributed by atoms with Gasteiger partial charge in [-0.25, -0.2) is 4.79 Å². The van der Waals surface area contributed by atoms with Gasteiger partial charge >= 0.3 is 5.97 Å². The molecule has 0 bridgehead atoms. The number of carbonyl (C=O) groups is 2. The summed E-state index contributed by atoms with van der Waals surface area (Å²) in [5.74, 6) is -1.20. The quantitative estimate of drug-likeness (QED) is 0.887. The van der Waals surface area contributed by atoms with Crippen molar-refractivity contribution >= 4 is 28.9 Å². The minimum atomic E-state index is -1.03. The summed E-state index contributed by atoms with van der Waals surface area (Å²) >= 11 is 1.26. The number of nitrogens with one attached hydrogen (secondary N) is 1. The first-order chi connectivity index (χ1) is 9.56. The number of rotatable bonds is 5. The molecular formula is C15H15NO3S. The fraction of sp³-hybridized carbons (Fsp3) is 0.200. The molecule has 2 N–H and O–H groups in total. The zero-order valence-corrected chi connectivity index (χ0v) is 11.9. The summed E-state index contributed by atoms with van der Waals surface area (Å²) in [7, 11) is 0. The van der Waals surface area contributed by atoms with Crippen LogP contribution < -0.4 is 5.32 Å². The van der Waals surface area contributed by atoms with Crippen LogP contribution in [0, 0.1) is 6.92 Å². The van der Waals surface area contributed by atoms with E-state index >= 15 is 0 Å². The number of carbonyl (C=O) groups excluding carboxylic acids is 1. The van der Waals surface area contributed by atoms with Crippen molar-refractivity contribution in [1.82, 2.24) is 0 Å². The van der Waals surface area contributed by atoms with Crippen LogP contribution >= 0.6 is 11.3 Å². The SMILES string of the molecule is Cc1ccc(CCC(=O)Nc2cscc2C(=O)O)cc1. The summed E-state index contributed by atoms with van der Waals surface area (Å²) in [5.41, 5.74) is 2.78. The Labute approximate surface area is 121 Å². The molecule has 0 saturated heterocycles. The third kappa shape index (κ3) is 3.68. The molecule has 0 aliphatic carbocycles. The van der Waals surface area contributed by atoms with Gasteiger partial charge in [-0.2, -0.15) is 0 Å². The van der Waals surface area contributed by atoms with Crippen LogP contribution in [0.15, 0.2) is 35.0 Å². The van der Waals surface area contributed by atoms with Gasteiger partial charge < -0.3 is 10.4 Å². The number of benzene rings is 1. The number of hydrogen-bond acceptors (Lipinski definition) is 3. The predicted molar refractivity (Wildman–Crippen MR) is 79.4 cm³/mol. The zero-order valence-electron chi connectivity index (χ0n) is 11.1. The number of thiophene rings is 1. The van der Waals surface area contributed by atoms with Crippen molar-refractivity contribution < 1.29 is 14.7 Å². The van der Waals surface area contributed by atoms with Crippen LogP contribution in [0.25, 0.3) is 0 Å². The standard InChI is InChI=1S/C15H15NO3S/c1-10-2-4-11(5-3-10)6-7-14(17)16-13-9-20-8-12(13)15(18)19/h2-5,8-9H,6-7H2,1H3,(H,16,17)(H,18,19). The predicted octanol–water partition coefficient (Wildman–Crippen LogP) is 3.33. The molecule has 1 aromatic carbocycles. The fourth-order valence-corrected chi connectivity index (χ4v) is 2.54. The third-order valence-corrected chi connectivity index (χ3v) is 3.67. The summed E-state index contributed by atoms with van der Waals surface area (Å²) in [4.78, 5) is 22.8. The van der Waals surface area contributed by atoms with Crippen LogP contribution in [0.2, 0.25) is 0 Å². The molecule has 0 radical (unpaired) electrons. The zero-order chi connectivity index (χ0) is 14.5. The Balaban J connectivity index is 1.91. The lowest BCUT2D eigenvalue weighted by molar-refractivity contribution is -0.116. The molecule has 0 atom stereocenters. The first-order valence-electron chi connectivity index (χ1n) is 6.21. The van der Waals surface area contributed by atoms with E-state index in [1.807, 2.05) is 31.2 Å². The molecule has 0 spiro atoms. The summed E-state index contributed by atoms with van der Waals surface area (Å²) in [6, 6.07) is 8.01. The lowest BCUT2D eigenvalue weighted by atomic mass is 10.1. The number of carboxylic acid groups (broad SMARTS) is 1. The maximum atomic E-state index is 11.8. The summed E-state index contributed by atoms with van der Waals surface area (Å²) < 4.78 is 0. The lowest BCUT2D eigenvalue weighted by Crippen LogP contribution is -2.14. The number of aromatic carboxylic acids is 1. The first-order valence-corrected chi connectivity index (χ1v) is 7.15. The van der Waals surface area contributed by atoms with E-state index in [9.17, 15) is 9.59 Å². The number of amides is 1. The Kier molecular flexibility index (Phi) is 4.53. The molecule has 20 heavy (non-hydrogen) atoms. The fourth-order valence-electron chi connectivity index (χ4n) is 1.78. The molecule has 2 rings (SSSR count). The molecule has 0 saturated carbocycles. The van der Waals surface area contributed by atoms with Gasteiger partial charge in [0.25, 0.3) is 0 Å². The van der Waals surface area contributed by atoms with Gasteiger partial charge in [0, 0.05) is 17.2 Å². The van der Waals surface area contributed by atoms with Crippen molar-refractivity contribution in [3.8, 4) is 0 Å². The Hall–Kier alpha value is -2.14. The van der Waals surface area contributed by atoms with Crippen LogP contribution in [0.4, 0.5) is 5.69 Å². The van der Waals surface area contributed by atoms with Gasteiger partial charge in [0.15, 0.2) is 0 Å². The van der Waals surface area contributed by atoms with Crippen LogP contribution in [-0.4, -0.2) is 17.0 Å². The molecule has 0 unspecified atom stereocenters. The Morgan fingerprint density at radius 3 is 2.55 bits per heavy atom. The van der Waals surface area contributed by atoms with Gasteiger partial charge in [-0.3, -0.25) is 4.79 Å². The van der Waals surface area contributed by atoms with E-state index in [4.69, 9.17) is 5.11 Å². The topological polar surface area (TPSA) is 66.4 Å². The molecule has 5 heteroatoms. The second kappa shape index (κ2) is 6.34. The molecule has 0 aliphatic rings. The summed E-state index contributed by atoms with van der Waals surface area (Å²) in [5, 5.41) is 14.7. The van der Waals surface area contributed by atoms with Crippen LogP contribution in [0.1, 0.15) is 27.9 Å². The van der Waals surface area contributed by atoms with E-state index in [0.717, 1.165) is 5.56 Å². The Morgan fingerprint density at radius 2 is 1.90 bits per heavy atom. The van der Waals surface area contributed by atoms with Gasteiger partial charge in [-0.05, 0) is 18.9 Å². The van der Waals surface area contributed by atoms with Gasteiger partial charge in [-0.1, -0.05) is 29.8 Å². The number of carboxylic acids is 1. The van der Waals surface area contributed by atoms with Gasteiger partial charge in [-0.15, -0.1) is 11.3 Å². The molecular weight excluding hydrogens is 274 g/mol. The first kappa shape index (κ1) is 14.3. The van der Waals surface area contributed by atoms with E-state index in [2.05, 4.69) is 5.32 Å².